The van der Waals surface area contributed by atoms with Crippen molar-refractivity contribution in [2.45, 2.75) is 41.9 Å². The van der Waals surface area contributed by atoms with Crippen molar-refractivity contribution in [1.29, 1.82) is 0 Å². The van der Waals surface area contributed by atoms with Crippen LogP contribution in [-0.2, 0) is 9.84 Å². The third kappa shape index (κ3) is 3.57. The van der Waals surface area contributed by atoms with Gasteiger partial charge in [-0.25, -0.2) is 8.42 Å². The molecule has 0 spiro atoms. The summed E-state index contributed by atoms with van der Waals surface area (Å²) in [7, 11) is -2.95. The lowest BCUT2D eigenvalue weighted by Gasteiger charge is -2.32. The van der Waals surface area contributed by atoms with Crippen molar-refractivity contribution in [1.82, 2.24) is 0 Å². The molecule has 2 rings (SSSR count). The molecule has 1 aromatic rings. The molecule has 0 radical (unpaired) electrons. The van der Waals surface area contributed by atoms with Crippen LogP contribution in [-0.4, -0.2) is 26.2 Å². The maximum atomic E-state index is 11.8. The third-order valence-corrected chi connectivity index (χ3v) is 6.73. The van der Waals surface area contributed by atoms with Gasteiger partial charge in [0, 0.05) is 17.2 Å². The highest BCUT2D eigenvalue weighted by atomic mass is 32.2. The van der Waals surface area contributed by atoms with Gasteiger partial charge >= 0.3 is 0 Å². The van der Waals surface area contributed by atoms with Gasteiger partial charge in [-0.05, 0) is 43.1 Å². The predicted octanol–water partition coefficient (Wildman–Crippen LogP) is 3.01. The first-order valence-corrected chi connectivity index (χ1v) is 10.2. The SMILES string of the molecule is CSc1ccccc1C(N)C1CCCC(S(C)(=O)=O)C1. The molecule has 2 N–H and O–H groups in total. The molecule has 0 amide bonds. The lowest BCUT2D eigenvalue weighted by Crippen LogP contribution is -2.33. The van der Waals surface area contributed by atoms with E-state index in [4.69, 9.17) is 5.73 Å². The zero-order chi connectivity index (χ0) is 14.8. The lowest BCUT2D eigenvalue weighted by molar-refractivity contribution is 0.307. The average molecular weight is 313 g/mol. The second kappa shape index (κ2) is 6.50. The van der Waals surface area contributed by atoms with E-state index in [-0.39, 0.29) is 17.2 Å². The van der Waals surface area contributed by atoms with E-state index in [1.165, 1.54) is 11.2 Å². The number of sulfone groups is 1. The van der Waals surface area contributed by atoms with Crippen LogP contribution < -0.4 is 5.73 Å². The Morgan fingerprint density at radius 3 is 2.65 bits per heavy atom. The van der Waals surface area contributed by atoms with Crippen LogP contribution in [0.2, 0.25) is 0 Å². The van der Waals surface area contributed by atoms with Crippen LogP contribution in [0.5, 0.6) is 0 Å². The van der Waals surface area contributed by atoms with Crippen LogP contribution in [0.15, 0.2) is 29.2 Å². The summed E-state index contributed by atoms with van der Waals surface area (Å²) in [6.07, 6.45) is 6.86. The second-order valence-corrected chi connectivity index (χ2v) is 8.82. The van der Waals surface area contributed by atoms with Crippen molar-refractivity contribution in [3.8, 4) is 0 Å². The summed E-state index contributed by atoms with van der Waals surface area (Å²) < 4.78 is 23.5. The van der Waals surface area contributed by atoms with Crippen molar-refractivity contribution in [2.75, 3.05) is 12.5 Å². The molecule has 3 unspecified atom stereocenters. The van der Waals surface area contributed by atoms with Crippen LogP contribution in [0.3, 0.4) is 0 Å². The maximum Gasteiger partial charge on any atom is 0.150 e. The summed E-state index contributed by atoms with van der Waals surface area (Å²) in [6.45, 7) is 0. The van der Waals surface area contributed by atoms with Gasteiger partial charge in [0.2, 0.25) is 0 Å². The summed E-state index contributed by atoms with van der Waals surface area (Å²) in [5.74, 6) is 0.261. The van der Waals surface area contributed by atoms with E-state index >= 15 is 0 Å². The predicted molar refractivity (Wildman–Crippen MR) is 85.7 cm³/mol. The first-order chi connectivity index (χ1) is 9.43. The Balaban J connectivity index is 2.18. The van der Waals surface area contributed by atoms with E-state index in [0.717, 1.165) is 24.8 Å². The fourth-order valence-electron chi connectivity index (χ4n) is 3.09. The molecule has 3 nitrogen and oxygen atoms in total. The van der Waals surface area contributed by atoms with Gasteiger partial charge in [0.05, 0.1) is 5.25 Å². The number of benzene rings is 1. The molecule has 0 bridgehead atoms. The summed E-state index contributed by atoms with van der Waals surface area (Å²) in [5.41, 5.74) is 7.60. The van der Waals surface area contributed by atoms with E-state index in [0.29, 0.717) is 6.42 Å². The Kier molecular flexibility index (Phi) is 5.15. The van der Waals surface area contributed by atoms with Crippen molar-refractivity contribution in [3.05, 3.63) is 29.8 Å². The highest BCUT2D eigenvalue weighted by Gasteiger charge is 2.32. The zero-order valence-corrected chi connectivity index (χ0v) is 13.7. The van der Waals surface area contributed by atoms with Gasteiger partial charge in [-0.3, -0.25) is 0 Å². The quantitative estimate of drug-likeness (QED) is 0.868. The van der Waals surface area contributed by atoms with Crippen LogP contribution >= 0.6 is 11.8 Å². The van der Waals surface area contributed by atoms with Crippen molar-refractivity contribution in [2.24, 2.45) is 11.7 Å². The minimum atomic E-state index is -2.95. The van der Waals surface area contributed by atoms with E-state index in [2.05, 4.69) is 12.1 Å². The molecule has 0 saturated heterocycles. The first-order valence-electron chi connectivity index (χ1n) is 7.01. The molecule has 1 fully saturated rings. The van der Waals surface area contributed by atoms with Gasteiger partial charge in [0.1, 0.15) is 9.84 Å². The fourth-order valence-corrected chi connectivity index (χ4v) is 4.94. The molecule has 3 atom stereocenters. The fraction of sp³-hybridized carbons (Fsp3) is 0.600. The summed E-state index contributed by atoms with van der Waals surface area (Å²) in [5, 5.41) is -0.214. The highest BCUT2D eigenvalue weighted by molar-refractivity contribution is 7.98. The maximum absolute atomic E-state index is 11.8. The van der Waals surface area contributed by atoms with Crippen LogP contribution in [0.25, 0.3) is 0 Å². The lowest BCUT2D eigenvalue weighted by atomic mass is 9.81. The summed E-state index contributed by atoms with van der Waals surface area (Å²) in [4.78, 5) is 1.20. The summed E-state index contributed by atoms with van der Waals surface area (Å²) in [6, 6.07) is 8.11. The summed E-state index contributed by atoms with van der Waals surface area (Å²) >= 11 is 1.70. The van der Waals surface area contributed by atoms with Gasteiger partial charge in [0.15, 0.2) is 0 Å². The molecule has 20 heavy (non-hydrogen) atoms. The second-order valence-electron chi connectivity index (χ2n) is 5.65. The molecule has 0 heterocycles. The first kappa shape index (κ1) is 15.9. The van der Waals surface area contributed by atoms with E-state index in [1.54, 1.807) is 11.8 Å². The van der Waals surface area contributed by atoms with Crippen molar-refractivity contribution in [3.63, 3.8) is 0 Å². The Morgan fingerprint density at radius 1 is 1.30 bits per heavy atom. The smallest absolute Gasteiger partial charge is 0.150 e. The number of hydrogen-bond donors (Lipinski definition) is 1. The highest BCUT2D eigenvalue weighted by Crippen LogP contribution is 2.38. The van der Waals surface area contributed by atoms with Gasteiger partial charge in [-0.1, -0.05) is 24.6 Å². The van der Waals surface area contributed by atoms with Gasteiger partial charge in [-0.2, -0.15) is 0 Å². The largest absolute Gasteiger partial charge is 0.324 e. The van der Waals surface area contributed by atoms with Gasteiger partial charge in [-0.15, -0.1) is 11.8 Å². The standard InChI is InChI=1S/C15H23NO2S2/c1-19-14-9-4-3-8-13(14)15(16)11-6-5-7-12(10-11)20(2,17)18/h3-4,8-9,11-12,15H,5-7,10,16H2,1-2H3. The van der Waals surface area contributed by atoms with Crippen LogP contribution in [0.1, 0.15) is 37.3 Å². The molecule has 112 valence electrons. The number of thioether (sulfide) groups is 1. The normalized spacial score (nSPS) is 25.4. The van der Waals surface area contributed by atoms with Gasteiger partial charge < -0.3 is 5.73 Å². The number of rotatable bonds is 4. The number of hydrogen-bond acceptors (Lipinski definition) is 4. The van der Waals surface area contributed by atoms with E-state index < -0.39 is 9.84 Å². The van der Waals surface area contributed by atoms with E-state index in [9.17, 15) is 8.42 Å². The Hall–Kier alpha value is -0.520. The Labute approximate surface area is 126 Å². The molecule has 1 aromatic carbocycles. The Morgan fingerprint density at radius 2 is 2.00 bits per heavy atom. The van der Waals surface area contributed by atoms with E-state index in [1.807, 2.05) is 18.4 Å². The van der Waals surface area contributed by atoms with Crippen LogP contribution in [0.4, 0.5) is 0 Å². The molecule has 1 saturated carbocycles. The molecule has 0 aliphatic heterocycles. The molecule has 5 heteroatoms. The Bertz CT molecular complexity index is 557. The molecule has 1 aliphatic rings. The number of nitrogens with two attached hydrogens (primary N) is 1. The minimum absolute atomic E-state index is 0.0665. The molecule has 1 aliphatic carbocycles. The topological polar surface area (TPSA) is 60.2 Å². The van der Waals surface area contributed by atoms with Gasteiger partial charge in [0.25, 0.3) is 0 Å². The van der Waals surface area contributed by atoms with Crippen LogP contribution in [0, 0.1) is 5.92 Å². The average Bonchev–Trinajstić information content (AvgIpc) is 2.45. The molecular formula is C15H23NO2S2. The van der Waals surface area contributed by atoms with Crippen molar-refractivity contribution < 1.29 is 8.42 Å². The molecule has 0 aromatic heterocycles. The minimum Gasteiger partial charge on any atom is -0.324 e. The zero-order valence-electron chi connectivity index (χ0n) is 12.1. The molecular weight excluding hydrogens is 290 g/mol. The van der Waals surface area contributed by atoms with Crippen molar-refractivity contribution >= 4 is 21.6 Å². The third-order valence-electron chi connectivity index (χ3n) is 4.28. The monoisotopic (exact) mass is 313 g/mol.